The first-order valence-corrected chi connectivity index (χ1v) is 8.83. The first-order chi connectivity index (χ1) is 14.4. The van der Waals surface area contributed by atoms with Gasteiger partial charge in [0, 0.05) is 18.0 Å². The average molecular weight is 583 g/mol. The molecule has 0 fully saturated rings. The van der Waals surface area contributed by atoms with E-state index in [4.69, 9.17) is 0 Å². The van der Waals surface area contributed by atoms with Gasteiger partial charge >= 0.3 is 41.7 Å². The minimum absolute atomic E-state index is 0.114. The number of alkyl halides is 15. The van der Waals surface area contributed by atoms with Crippen molar-refractivity contribution in [2.75, 3.05) is 7.11 Å². The fourth-order valence-electron chi connectivity index (χ4n) is 2.40. The second kappa shape index (κ2) is 8.68. The van der Waals surface area contributed by atoms with Crippen LogP contribution in [-0.2, 0) is 4.74 Å². The van der Waals surface area contributed by atoms with Gasteiger partial charge in [-0.25, -0.2) is 0 Å². The summed E-state index contributed by atoms with van der Waals surface area (Å²) in [4.78, 5) is 0. The molecule has 33 heavy (non-hydrogen) atoms. The number of rotatable bonds is 9. The molecule has 0 saturated carbocycles. The van der Waals surface area contributed by atoms with E-state index in [1.807, 2.05) is 0 Å². The fraction of sp³-hybridized carbons (Fsp3) is 0.625. The minimum atomic E-state index is -8.30. The molecule has 1 aromatic carbocycles. The highest BCUT2D eigenvalue weighted by molar-refractivity contribution is 9.10. The Labute approximate surface area is 183 Å². The molecule has 0 N–H and O–H groups in total. The highest BCUT2D eigenvalue weighted by atomic mass is 79.9. The van der Waals surface area contributed by atoms with E-state index < -0.39 is 59.8 Å². The van der Waals surface area contributed by atoms with Crippen LogP contribution in [0.4, 0.5) is 65.9 Å². The van der Waals surface area contributed by atoms with Gasteiger partial charge in [-0.05, 0) is 17.7 Å². The Morgan fingerprint density at radius 2 is 1.12 bits per heavy atom. The number of benzene rings is 1. The Balaban J connectivity index is 3.50. The van der Waals surface area contributed by atoms with E-state index in [-0.39, 0.29) is 4.47 Å². The Morgan fingerprint density at radius 1 is 0.697 bits per heavy atom. The third kappa shape index (κ3) is 4.62. The van der Waals surface area contributed by atoms with E-state index in [0.29, 0.717) is 7.11 Å². The molecule has 0 aliphatic carbocycles. The lowest BCUT2D eigenvalue weighted by Crippen LogP contribution is -2.72. The molecule has 17 heteroatoms. The van der Waals surface area contributed by atoms with Crippen LogP contribution in [0.2, 0.25) is 0 Å². The molecule has 0 saturated heterocycles. The first-order valence-electron chi connectivity index (χ1n) is 8.04. The molecule has 1 unspecified atom stereocenters. The molecule has 0 amide bonds. The summed E-state index contributed by atoms with van der Waals surface area (Å²) in [6, 6.07) is 4.26. The van der Waals surface area contributed by atoms with Gasteiger partial charge in [0.1, 0.15) is 0 Å². The van der Waals surface area contributed by atoms with E-state index in [0.717, 1.165) is 18.2 Å². The standard InChI is InChI=1S/C16H10BrF15O/c1-33-9(7-3-2-4-8(17)5-7)6-10(18,19)11(20,21)12(22,23)13(24,25)14(26,27)15(28,29)16(30,31)32/h2-5,9H,6H2,1H3. The van der Waals surface area contributed by atoms with Gasteiger partial charge in [0.2, 0.25) is 0 Å². The lowest BCUT2D eigenvalue weighted by molar-refractivity contribution is -0.453. The topological polar surface area (TPSA) is 9.23 Å². The molecule has 0 spiro atoms. The van der Waals surface area contributed by atoms with Crippen molar-refractivity contribution in [2.24, 2.45) is 0 Å². The third-order valence-electron chi connectivity index (χ3n) is 4.34. The summed E-state index contributed by atoms with van der Waals surface area (Å²) in [5.41, 5.74) is -0.425. The van der Waals surface area contributed by atoms with Gasteiger partial charge in [-0.2, -0.15) is 65.9 Å². The van der Waals surface area contributed by atoms with E-state index in [1.165, 1.54) is 6.07 Å². The summed E-state index contributed by atoms with van der Waals surface area (Å²) < 4.78 is 203. The van der Waals surface area contributed by atoms with Crippen molar-refractivity contribution in [3.05, 3.63) is 34.3 Å². The summed E-state index contributed by atoms with van der Waals surface area (Å²) in [7, 11) is 0.588. The summed E-state index contributed by atoms with van der Waals surface area (Å²) in [6.45, 7) is 0. The van der Waals surface area contributed by atoms with E-state index in [1.54, 1.807) is 0 Å². The predicted octanol–water partition coefficient (Wildman–Crippen LogP) is 7.90. The highest BCUT2D eigenvalue weighted by Crippen LogP contribution is 2.63. The molecule has 192 valence electrons. The van der Waals surface area contributed by atoms with Crippen LogP contribution in [0.5, 0.6) is 0 Å². The number of methoxy groups -OCH3 is 1. The maximum absolute atomic E-state index is 14.1. The lowest BCUT2D eigenvalue weighted by Gasteiger charge is -2.42. The Bertz CT molecular complexity index is 833. The van der Waals surface area contributed by atoms with Crippen LogP contribution in [0.1, 0.15) is 18.1 Å². The van der Waals surface area contributed by atoms with Crippen LogP contribution in [0.25, 0.3) is 0 Å². The minimum Gasteiger partial charge on any atom is -0.377 e. The van der Waals surface area contributed by atoms with Crippen LogP contribution in [0.3, 0.4) is 0 Å². The van der Waals surface area contributed by atoms with Gasteiger partial charge in [0.05, 0.1) is 6.10 Å². The summed E-state index contributed by atoms with van der Waals surface area (Å²) in [5.74, 6) is -46.6. The maximum Gasteiger partial charge on any atom is 0.460 e. The van der Waals surface area contributed by atoms with Crippen molar-refractivity contribution in [3.8, 4) is 0 Å². The molecule has 1 nitrogen and oxygen atoms in total. The highest BCUT2D eigenvalue weighted by Gasteiger charge is 2.93. The van der Waals surface area contributed by atoms with Gasteiger partial charge in [0.25, 0.3) is 0 Å². The average Bonchev–Trinajstić information content (AvgIpc) is 2.64. The van der Waals surface area contributed by atoms with Crippen molar-refractivity contribution in [1.82, 2.24) is 0 Å². The quantitative estimate of drug-likeness (QED) is 0.269. The second-order valence-corrected chi connectivity index (χ2v) is 7.47. The van der Waals surface area contributed by atoms with Gasteiger partial charge < -0.3 is 4.74 Å². The third-order valence-corrected chi connectivity index (χ3v) is 4.83. The molecule has 0 aliphatic heterocycles. The van der Waals surface area contributed by atoms with Crippen molar-refractivity contribution in [1.29, 1.82) is 0 Å². The first kappa shape index (κ1) is 29.6. The van der Waals surface area contributed by atoms with Crippen molar-refractivity contribution < 1.29 is 70.6 Å². The Morgan fingerprint density at radius 3 is 1.52 bits per heavy atom. The van der Waals surface area contributed by atoms with Gasteiger partial charge in [-0.1, -0.05) is 28.1 Å². The van der Waals surface area contributed by atoms with Crippen LogP contribution in [0, 0.1) is 0 Å². The van der Waals surface area contributed by atoms with E-state index >= 15 is 0 Å². The smallest absolute Gasteiger partial charge is 0.377 e. The van der Waals surface area contributed by atoms with Gasteiger partial charge in [-0.3, -0.25) is 0 Å². The summed E-state index contributed by atoms with van der Waals surface area (Å²) in [6.07, 6.45) is -12.5. The van der Waals surface area contributed by atoms with Crippen molar-refractivity contribution in [2.45, 2.75) is 54.2 Å². The van der Waals surface area contributed by atoms with E-state index in [9.17, 15) is 65.9 Å². The molecule has 0 aromatic heterocycles. The molecule has 0 bridgehead atoms. The Hall–Kier alpha value is -1.39. The normalized spacial score (nSPS) is 16.2. The van der Waals surface area contributed by atoms with Crippen molar-refractivity contribution in [3.63, 3.8) is 0 Å². The maximum atomic E-state index is 14.1. The molecule has 1 atom stereocenters. The van der Waals surface area contributed by atoms with Crippen LogP contribution < -0.4 is 0 Å². The molecule has 0 heterocycles. The van der Waals surface area contributed by atoms with Gasteiger partial charge in [0.15, 0.2) is 0 Å². The lowest BCUT2D eigenvalue weighted by atomic mass is 9.88. The molecular weight excluding hydrogens is 573 g/mol. The van der Waals surface area contributed by atoms with E-state index in [2.05, 4.69) is 20.7 Å². The molecular formula is C16H10BrF15O. The number of hydrogen-bond acceptors (Lipinski definition) is 1. The largest absolute Gasteiger partial charge is 0.460 e. The molecule has 1 rings (SSSR count). The van der Waals surface area contributed by atoms with Gasteiger partial charge in [-0.15, -0.1) is 0 Å². The summed E-state index contributed by atoms with van der Waals surface area (Å²) in [5, 5.41) is 0. The van der Waals surface area contributed by atoms with Crippen LogP contribution in [0.15, 0.2) is 28.7 Å². The Kier molecular flexibility index (Phi) is 7.80. The van der Waals surface area contributed by atoms with Crippen molar-refractivity contribution >= 4 is 15.9 Å². The zero-order valence-electron chi connectivity index (χ0n) is 15.5. The monoisotopic (exact) mass is 582 g/mol. The zero-order chi connectivity index (χ0) is 26.5. The zero-order valence-corrected chi connectivity index (χ0v) is 17.1. The van der Waals surface area contributed by atoms with Crippen LogP contribution >= 0.6 is 15.9 Å². The molecule has 0 aliphatic rings. The molecule has 1 aromatic rings. The SMILES string of the molecule is COC(CC(F)(F)C(F)(F)C(F)(F)C(F)(F)C(F)(F)C(F)(F)C(F)(F)F)c1cccc(Br)c1. The number of ether oxygens (including phenoxy) is 1. The molecule has 0 radical (unpaired) electrons. The number of halogens is 16. The fourth-order valence-corrected chi connectivity index (χ4v) is 2.82. The predicted molar refractivity (Wildman–Crippen MR) is 84.2 cm³/mol. The summed E-state index contributed by atoms with van der Waals surface area (Å²) >= 11 is 2.84. The van der Waals surface area contributed by atoms with Crippen LogP contribution in [-0.4, -0.2) is 48.8 Å². The second-order valence-electron chi connectivity index (χ2n) is 6.56. The number of hydrogen-bond donors (Lipinski definition) is 0.